The third kappa shape index (κ3) is 4.93. The maximum absolute atomic E-state index is 13.3. The van der Waals surface area contributed by atoms with Crippen LogP contribution >= 0.6 is 0 Å². The molecular formula is C22H24F3NO4S. The van der Waals surface area contributed by atoms with E-state index in [4.69, 9.17) is 4.74 Å². The summed E-state index contributed by atoms with van der Waals surface area (Å²) in [5.41, 5.74) is -0.532. The van der Waals surface area contributed by atoms with Crippen LogP contribution in [-0.2, 0) is 14.6 Å². The van der Waals surface area contributed by atoms with E-state index in [0.29, 0.717) is 16.9 Å². The van der Waals surface area contributed by atoms with Crippen LogP contribution < -0.4 is 10.1 Å². The van der Waals surface area contributed by atoms with Gasteiger partial charge >= 0.3 is 6.18 Å². The van der Waals surface area contributed by atoms with Crippen molar-refractivity contribution in [3.63, 3.8) is 0 Å². The first-order chi connectivity index (χ1) is 14.5. The lowest BCUT2D eigenvalue weighted by atomic mass is 9.86. The number of hydrogen-bond donors (Lipinski definition) is 1. The molecule has 1 aliphatic rings. The predicted molar refractivity (Wildman–Crippen MR) is 110 cm³/mol. The molecule has 0 bridgehead atoms. The number of alkyl halides is 3. The summed E-state index contributed by atoms with van der Waals surface area (Å²) in [5, 5.41) is 3.14. The highest BCUT2D eigenvalue weighted by molar-refractivity contribution is 7.91. The molecular weight excluding hydrogens is 431 g/mol. The van der Waals surface area contributed by atoms with E-state index in [-0.39, 0.29) is 11.3 Å². The highest BCUT2D eigenvalue weighted by Gasteiger charge is 2.47. The number of methoxy groups -OCH3 is 1. The minimum Gasteiger partial charge on any atom is -0.497 e. The maximum Gasteiger partial charge on any atom is 0.389 e. The SMILES string of the molecule is CC[C@]1(C(=O)CCC(F)(F)F)CS(=O)(=O)c2cc(OC)ccc2[C@H](c2ccccc2)N1. The molecule has 0 aliphatic carbocycles. The molecule has 0 radical (unpaired) electrons. The summed E-state index contributed by atoms with van der Waals surface area (Å²) in [6, 6.07) is 12.8. The predicted octanol–water partition coefficient (Wildman–Crippen LogP) is 4.22. The number of benzene rings is 2. The van der Waals surface area contributed by atoms with Gasteiger partial charge in [0.15, 0.2) is 15.6 Å². The van der Waals surface area contributed by atoms with Crippen molar-refractivity contribution in [1.82, 2.24) is 5.32 Å². The van der Waals surface area contributed by atoms with Gasteiger partial charge in [-0.1, -0.05) is 43.3 Å². The Bertz CT molecular complexity index is 1050. The molecule has 0 unspecified atom stereocenters. The molecule has 0 amide bonds. The smallest absolute Gasteiger partial charge is 0.389 e. The van der Waals surface area contributed by atoms with Crippen LogP contribution in [0.1, 0.15) is 43.4 Å². The molecule has 0 saturated carbocycles. The number of halogens is 3. The summed E-state index contributed by atoms with van der Waals surface area (Å²) in [5.74, 6) is -1.06. The van der Waals surface area contributed by atoms with Crippen LogP contribution in [0.15, 0.2) is 53.4 Å². The Morgan fingerprint density at radius 1 is 1.19 bits per heavy atom. The minimum atomic E-state index is -4.51. The number of carbonyl (C=O) groups is 1. The van der Waals surface area contributed by atoms with Gasteiger partial charge in [-0.3, -0.25) is 10.1 Å². The molecule has 5 nitrogen and oxygen atoms in total. The van der Waals surface area contributed by atoms with Crippen molar-refractivity contribution in [2.45, 2.75) is 48.8 Å². The Morgan fingerprint density at radius 3 is 2.45 bits per heavy atom. The van der Waals surface area contributed by atoms with Gasteiger partial charge in [-0.05, 0) is 29.7 Å². The van der Waals surface area contributed by atoms with Gasteiger partial charge in [0.2, 0.25) is 0 Å². The molecule has 2 aromatic carbocycles. The average Bonchev–Trinajstić information content (AvgIpc) is 2.84. The van der Waals surface area contributed by atoms with Crippen molar-refractivity contribution >= 4 is 15.6 Å². The van der Waals surface area contributed by atoms with Crippen LogP contribution in [-0.4, -0.2) is 38.8 Å². The number of sulfone groups is 1. The molecule has 31 heavy (non-hydrogen) atoms. The van der Waals surface area contributed by atoms with E-state index in [1.807, 2.05) is 0 Å². The minimum absolute atomic E-state index is 0.00662. The first kappa shape index (κ1) is 23.3. The highest BCUT2D eigenvalue weighted by Crippen LogP contribution is 2.39. The number of fused-ring (bicyclic) bond motifs is 1. The summed E-state index contributed by atoms with van der Waals surface area (Å²) in [4.78, 5) is 13.0. The van der Waals surface area contributed by atoms with Crippen molar-refractivity contribution in [1.29, 1.82) is 0 Å². The van der Waals surface area contributed by atoms with E-state index in [2.05, 4.69) is 5.32 Å². The molecule has 1 aliphatic heterocycles. The molecule has 9 heteroatoms. The Kier molecular flexibility index (Phi) is 6.48. The first-order valence-corrected chi connectivity index (χ1v) is 11.5. The maximum atomic E-state index is 13.3. The lowest BCUT2D eigenvalue weighted by Gasteiger charge is -2.34. The molecule has 1 heterocycles. The lowest BCUT2D eigenvalue weighted by Crippen LogP contribution is -2.56. The van der Waals surface area contributed by atoms with Gasteiger partial charge < -0.3 is 4.74 Å². The van der Waals surface area contributed by atoms with Crippen molar-refractivity contribution in [3.05, 3.63) is 59.7 Å². The molecule has 0 spiro atoms. The van der Waals surface area contributed by atoms with Crippen molar-refractivity contribution in [2.24, 2.45) is 0 Å². The quantitative estimate of drug-likeness (QED) is 0.706. The zero-order chi connectivity index (χ0) is 22.9. The second-order valence-corrected chi connectivity index (χ2v) is 9.58. The van der Waals surface area contributed by atoms with Crippen molar-refractivity contribution < 1.29 is 31.1 Å². The molecule has 0 aromatic heterocycles. The first-order valence-electron chi connectivity index (χ1n) is 9.85. The molecule has 2 aromatic rings. The fourth-order valence-corrected chi connectivity index (χ4v) is 6.01. The standard InChI is InChI=1S/C22H24F3NO4S/c1-3-21(19(27)11-12-22(23,24)25)14-31(28,29)18-13-16(30-2)9-10-17(18)20(26-21)15-7-5-4-6-8-15/h4-10,13,20,26H,3,11-12,14H2,1-2H3/t20-,21+/m0/s1. The van der Waals surface area contributed by atoms with Crippen LogP contribution in [0.2, 0.25) is 0 Å². The van der Waals surface area contributed by atoms with Gasteiger partial charge in [-0.15, -0.1) is 0 Å². The molecule has 1 N–H and O–H groups in total. The zero-order valence-electron chi connectivity index (χ0n) is 17.2. The van der Waals surface area contributed by atoms with Crippen molar-refractivity contribution in [2.75, 3.05) is 12.9 Å². The van der Waals surface area contributed by atoms with E-state index in [1.165, 1.54) is 13.2 Å². The Labute approximate surface area is 179 Å². The molecule has 3 rings (SSSR count). The van der Waals surface area contributed by atoms with Gasteiger partial charge in [-0.2, -0.15) is 13.2 Å². The van der Waals surface area contributed by atoms with E-state index in [9.17, 15) is 26.4 Å². The highest BCUT2D eigenvalue weighted by atomic mass is 32.2. The summed E-state index contributed by atoms with van der Waals surface area (Å²) in [6.45, 7) is 1.60. The fraction of sp³-hybridized carbons (Fsp3) is 0.409. The summed E-state index contributed by atoms with van der Waals surface area (Å²) < 4.78 is 70.2. The van der Waals surface area contributed by atoms with Gasteiger partial charge in [0.05, 0.1) is 35.8 Å². The number of nitrogens with one attached hydrogen (secondary N) is 1. The Balaban J connectivity index is 2.16. The Morgan fingerprint density at radius 2 is 1.87 bits per heavy atom. The lowest BCUT2D eigenvalue weighted by molar-refractivity contribution is -0.145. The van der Waals surface area contributed by atoms with Gasteiger partial charge in [0.1, 0.15) is 5.75 Å². The largest absolute Gasteiger partial charge is 0.497 e. The Hall–Kier alpha value is -2.39. The van der Waals surface area contributed by atoms with E-state index < -0.39 is 52.0 Å². The topological polar surface area (TPSA) is 72.5 Å². The third-order valence-corrected chi connectivity index (χ3v) is 7.53. The number of Topliss-reactive ketones (excluding diaryl/α,β-unsaturated/α-hetero) is 1. The van der Waals surface area contributed by atoms with Gasteiger partial charge in [-0.25, -0.2) is 8.42 Å². The van der Waals surface area contributed by atoms with E-state index >= 15 is 0 Å². The third-order valence-electron chi connectivity index (χ3n) is 5.63. The van der Waals surface area contributed by atoms with Crippen LogP contribution in [0.3, 0.4) is 0 Å². The summed E-state index contributed by atoms with van der Waals surface area (Å²) >= 11 is 0. The molecule has 168 valence electrons. The average molecular weight is 455 g/mol. The van der Waals surface area contributed by atoms with Gasteiger partial charge in [0, 0.05) is 6.42 Å². The molecule has 0 saturated heterocycles. The monoisotopic (exact) mass is 455 g/mol. The second-order valence-electron chi connectivity index (χ2n) is 7.62. The second kappa shape index (κ2) is 8.63. The molecule has 0 fully saturated rings. The normalized spacial score (nSPS) is 22.9. The van der Waals surface area contributed by atoms with Crippen LogP contribution in [0.25, 0.3) is 0 Å². The number of carbonyl (C=O) groups excluding carboxylic acids is 1. The number of hydrogen-bond acceptors (Lipinski definition) is 5. The van der Waals surface area contributed by atoms with Crippen LogP contribution in [0.4, 0.5) is 13.2 Å². The fourth-order valence-electron chi connectivity index (χ4n) is 3.91. The van der Waals surface area contributed by atoms with Crippen molar-refractivity contribution in [3.8, 4) is 5.75 Å². The molecule has 2 atom stereocenters. The van der Waals surface area contributed by atoms with Gasteiger partial charge in [0.25, 0.3) is 0 Å². The van der Waals surface area contributed by atoms with E-state index in [0.717, 1.165) is 0 Å². The summed E-state index contributed by atoms with van der Waals surface area (Å²) in [7, 11) is -2.60. The van der Waals surface area contributed by atoms with E-state index in [1.54, 1.807) is 49.4 Å². The van der Waals surface area contributed by atoms with Crippen LogP contribution in [0.5, 0.6) is 5.75 Å². The number of rotatable bonds is 6. The summed E-state index contributed by atoms with van der Waals surface area (Å²) in [6.07, 6.45) is -6.58. The number of ether oxygens (including phenoxy) is 1. The van der Waals surface area contributed by atoms with Crippen LogP contribution in [0, 0.1) is 0 Å². The zero-order valence-corrected chi connectivity index (χ0v) is 18.0. The number of ketones is 1.